The number of hydrogen-bond donors (Lipinski definition) is 2. The Hall–Kier alpha value is -1.46. The summed E-state index contributed by atoms with van der Waals surface area (Å²) in [4.78, 5) is 11.9. The predicted molar refractivity (Wildman–Crippen MR) is 93.2 cm³/mol. The summed E-state index contributed by atoms with van der Waals surface area (Å²) in [5.41, 5.74) is -0.0836. The van der Waals surface area contributed by atoms with Gasteiger partial charge in [-0.25, -0.2) is 4.79 Å². The van der Waals surface area contributed by atoms with Gasteiger partial charge in [-0.2, -0.15) is 0 Å². The van der Waals surface area contributed by atoms with Crippen molar-refractivity contribution in [3.05, 3.63) is 28.8 Å². The van der Waals surface area contributed by atoms with E-state index in [1.54, 1.807) is 7.11 Å². The minimum absolute atomic E-state index is 0.431. The zero-order valence-corrected chi connectivity index (χ0v) is 15.5. The third-order valence-electron chi connectivity index (χ3n) is 3.00. The van der Waals surface area contributed by atoms with Crippen molar-refractivity contribution in [2.45, 2.75) is 52.3 Å². The number of benzene rings is 1. The van der Waals surface area contributed by atoms with E-state index in [4.69, 9.17) is 21.1 Å². The van der Waals surface area contributed by atoms with E-state index in [0.717, 1.165) is 11.3 Å². The lowest BCUT2D eigenvalue weighted by atomic mass is 10.1. The van der Waals surface area contributed by atoms with Gasteiger partial charge in [0.1, 0.15) is 11.4 Å². The van der Waals surface area contributed by atoms with Gasteiger partial charge in [-0.15, -0.1) is 0 Å². The number of hydrogen-bond acceptors (Lipinski definition) is 4. The summed E-state index contributed by atoms with van der Waals surface area (Å²) in [5, 5.41) is 6.79. The Labute approximate surface area is 143 Å². The number of halogens is 1. The summed E-state index contributed by atoms with van der Waals surface area (Å²) < 4.78 is 10.6. The van der Waals surface area contributed by atoms with Crippen molar-refractivity contribution >= 4 is 17.7 Å². The Morgan fingerprint density at radius 1 is 1.22 bits per heavy atom. The number of methoxy groups -OCH3 is 1. The molecule has 23 heavy (non-hydrogen) atoms. The van der Waals surface area contributed by atoms with Crippen molar-refractivity contribution in [3.8, 4) is 5.75 Å². The first-order valence-electron chi connectivity index (χ1n) is 7.57. The molecule has 1 rings (SSSR count). The van der Waals surface area contributed by atoms with Gasteiger partial charge in [-0.3, -0.25) is 0 Å². The average Bonchev–Trinajstić information content (AvgIpc) is 2.37. The number of nitrogens with one attached hydrogen (secondary N) is 2. The summed E-state index contributed by atoms with van der Waals surface area (Å²) in [6.45, 7) is 10.5. The Kier molecular flexibility index (Phi) is 6.71. The van der Waals surface area contributed by atoms with Crippen molar-refractivity contribution in [1.82, 2.24) is 10.6 Å². The quantitative estimate of drug-likeness (QED) is 0.826. The molecule has 0 fully saturated rings. The van der Waals surface area contributed by atoms with E-state index in [1.807, 2.05) is 52.8 Å². The summed E-state index contributed by atoms with van der Waals surface area (Å²) in [7, 11) is 1.61. The van der Waals surface area contributed by atoms with Crippen LogP contribution in [0.15, 0.2) is 18.2 Å². The van der Waals surface area contributed by atoms with Crippen LogP contribution in [0, 0.1) is 0 Å². The highest BCUT2D eigenvalue weighted by Crippen LogP contribution is 2.25. The molecule has 0 unspecified atom stereocenters. The van der Waals surface area contributed by atoms with Gasteiger partial charge in [0, 0.05) is 23.7 Å². The Balaban J connectivity index is 2.56. The molecule has 6 heteroatoms. The van der Waals surface area contributed by atoms with E-state index in [9.17, 15) is 4.79 Å². The zero-order chi connectivity index (χ0) is 17.7. The Bertz CT molecular complexity index is 539. The number of amides is 1. The molecule has 1 amide bonds. The standard InChI is InChI=1S/C17H27ClN2O3/c1-16(2,3)23-15(21)20-17(4,5)11-19-10-12-13(18)8-7-9-14(12)22-6/h7-9,19H,10-11H2,1-6H3,(H,20,21). The van der Waals surface area contributed by atoms with E-state index in [2.05, 4.69) is 10.6 Å². The van der Waals surface area contributed by atoms with E-state index in [-0.39, 0.29) is 0 Å². The predicted octanol–water partition coefficient (Wildman–Crippen LogP) is 3.74. The largest absolute Gasteiger partial charge is 0.496 e. The van der Waals surface area contributed by atoms with Crippen LogP contribution < -0.4 is 15.4 Å². The fourth-order valence-corrected chi connectivity index (χ4v) is 2.26. The maximum atomic E-state index is 11.9. The van der Waals surface area contributed by atoms with Gasteiger partial charge in [-0.05, 0) is 46.8 Å². The average molecular weight is 343 g/mol. The van der Waals surface area contributed by atoms with E-state index < -0.39 is 17.2 Å². The molecular weight excluding hydrogens is 316 g/mol. The van der Waals surface area contributed by atoms with Crippen LogP contribution in [0.5, 0.6) is 5.75 Å². The van der Waals surface area contributed by atoms with E-state index in [0.29, 0.717) is 18.1 Å². The number of carbonyl (C=O) groups is 1. The lowest BCUT2D eigenvalue weighted by Crippen LogP contribution is -2.51. The summed E-state index contributed by atoms with van der Waals surface area (Å²) >= 11 is 6.21. The molecule has 130 valence electrons. The van der Waals surface area contributed by atoms with Crippen LogP contribution in [0.3, 0.4) is 0 Å². The SMILES string of the molecule is COc1cccc(Cl)c1CNCC(C)(C)NC(=O)OC(C)(C)C. The van der Waals surface area contributed by atoms with E-state index >= 15 is 0 Å². The number of rotatable bonds is 6. The Morgan fingerprint density at radius 2 is 1.87 bits per heavy atom. The number of ether oxygens (including phenoxy) is 2. The zero-order valence-electron chi connectivity index (χ0n) is 14.7. The molecule has 0 saturated carbocycles. The van der Waals surface area contributed by atoms with Crippen molar-refractivity contribution in [2.75, 3.05) is 13.7 Å². The van der Waals surface area contributed by atoms with Crippen LogP contribution >= 0.6 is 11.6 Å². The van der Waals surface area contributed by atoms with Gasteiger partial charge >= 0.3 is 6.09 Å². The molecule has 0 spiro atoms. The van der Waals surface area contributed by atoms with Gasteiger partial charge in [0.25, 0.3) is 0 Å². The fourth-order valence-electron chi connectivity index (χ4n) is 2.03. The highest BCUT2D eigenvalue weighted by molar-refractivity contribution is 6.31. The third-order valence-corrected chi connectivity index (χ3v) is 3.36. The number of carbonyl (C=O) groups excluding carboxylic acids is 1. The molecule has 0 aliphatic heterocycles. The monoisotopic (exact) mass is 342 g/mol. The lowest BCUT2D eigenvalue weighted by molar-refractivity contribution is 0.0472. The highest BCUT2D eigenvalue weighted by atomic mass is 35.5. The maximum absolute atomic E-state index is 11.9. The molecule has 0 bridgehead atoms. The smallest absolute Gasteiger partial charge is 0.408 e. The first kappa shape index (κ1) is 19.6. The highest BCUT2D eigenvalue weighted by Gasteiger charge is 2.24. The second kappa shape index (κ2) is 7.88. The van der Waals surface area contributed by atoms with Crippen molar-refractivity contribution in [1.29, 1.82) is 0 Å². The van der Waals surface area contributed by atoms with Crippen LogP contribution in [0.25, 0.3) is 0 Å². The molecule has 0 aromatic heterocycles. The van der Waals surface area contributed by atoms with Crippen LogP contribution in [0.1, 0.15) is 40.2 Å². The first-order chi connectivity index (χ1) is 10.5. The molecule has 5 nitrogen and oxygen atoms in total. The van der Waals surface area contributed by atoms with Gasteiger partial charge in [0.05, 0.1) is 12.6 Å². The summed E-state index contributed by atoms with van der Waals surface area (Å²) in [6.07, 6.45) is -0.431. The van der Waals surface area contributed by atoms with Gasteiger partial charge in [0.2, 0.25) is 0 Å². The minimum atomic E-state index is -0.515. The Morgan fingerprint density at radius 3 is 2.43 bits per heavy atom. The normalized spacial score (nSPS) is 12.0. The molecule has 1 aromatic carbocycles. The molecular formula is C17H27ClN2O3. The molecule has 1 aromatic rings. The molecule has 0 aliphatic rings. The van der Waals surface area contributed by atoms with Crippen LogP contribution in [-0.4, -0.2) is 30.9 Å². The van der Waals surface area contributed by atoms with Crippen LogP contribution in [-0.2, 0) is 11.3 Å². The summed E-state index contributed by atoms with van der Waals surface area (Å²) in [6, 6.07) is 5.54. The van der Waals surface area contributed by atoms with Gasteiger partial charge < -0.3 is 20.1 Å². The van der Waals surface area contributed by atoms with Gasteiger partial charge in [0.15, 0.2) is 0 Å². The second-order valence-electron chi connectivity index (χ2n) is 7.03. The van der Waals surface area contributed by atoms with Crippen molar-refractivity contribution < 1.29 is 14.3 Å². The first-order valence-corrected chi connectivity index (χ1v) is 7.95. The van der Waals surface area contributed by atoms with E-state index in [1.165, 1.54) is 0 Å². The summed E-state index contributed by atoms with van der Waals surface area (Å²) in [5.74, 6) is 0.739. The molecule has 0 aliphatic carbocycles. The maximum Gasteiger partial charge on any atom is 0.408 e. The molecule has 0 saturated heterocycles. The van der Waals surface area contributed by atoms with Crippen LogP contribution in [0.4, 0.5) is 4.79 Å². The molecule has 0 radical (unpaired) electrons. The molecule has 2 N–H and O–H groups in total. The van der Waals surface area contributed by atoms with Gasteiger partial charge in [-0.1, -0.05) is 17.7 Å². The lowest BCUT2D eigenvalue weighted by Gasteiger charge is -2.29. The number of alkyl carbamates (subject to hydrolysis) is 1. The fraction of sp³-hybridized carbons (Fsp3) is 0.588. The molecule has 0 atom stereocenters. The van der Waals surface area contributed by atoms with Crippen molar-refractivity contribution in [3.63, 3.8) is 0 Å². The minimum Gasteiger partial charge on any atom is -0.496 e. The molecule has 0 heterocycles. The third kappa shape index (κ3) is 7.10. The van der Waals surface area contributed by atoms with Crippen molar-refractivity contribution in [2.24, 2.45) is 0 Å². The second-order valence-corrected chi connectivity index (χ2v) is 7.44. The van der Waals surface area contributed by atoms with Crippen LogP contribution in [0.2, 0.25) is 5.02 Å². The topological polar surface area (TPSA) is 59.6 Å².